The topological polar surface area (TPSA) is 127 Å². The van der Waals surface area contributed by atoms with E-state index in [2.05, 4.69) is 10.4 Å². The van der Waals surface area contributed by atoms with Gasteiger partial charge >= 0.3 is 0 Å². The van der Waals surface area contributed by atoms with Crippen LogP contribution in [0, 0.1) is 24.0 Å². The lowest BCUT2D eigenvalue weighted by Gasteiger charge is -2.16. The van der Waals surface area contributed by atoms with Gasteiger partial charge in [-0.3, -0.25) is 29.4 Å². The maximum Gasteiger partial charge on any atom is 0.282 e. The summed E-state index contributed by atoms with van der Waals surface area (Å²) >= 11 is 0. The van der Waals surface area contributed by atoms with E-state index < -0.39 is 34.9 Å². The summed E-state index contributed by atoms with van der Waals surface area (Å²) < 4.78 is 1.68. The highest BCUT2D eigenvalue weighted by molar-refractivity contribution is 6.24. The van der Waals surface area contributed by atoms with Crippen LogP contribution in [0.2, 0.25) is 0 Å². The van der Waals surface area contributed by atoms with Crippen LogP contribution in [0.3, 0.4) is 0 Å². The Morgan fingerprint density at radius 3 is 2.52 bits per heavy atom. The highest BCUT2D eigenvalue weighted by Crippen LogP contribution is 2.30. The van der Waals surface area contributed by atoms with Gasteiger partial charge in [-0.05, 0) is 38.1 Å². The number of benzene rings is 2. The monoisotopic (exact) mass is 419 g/mol. The number of fused-ring (bicyclic) bond motifs is 1. The molecule has 31 heavy (non-hydrogen) atoms. The van der Waals surface area contributed by atoms with Crippen LogP contribution in [0.25, 0.3) is 5.69 Å². The largest absolute Gasteiger partial charge is 0.323 e. The molecule has 1 aromatic heterocycles. The molecule has 0 unspecified atom stereocenters. The van der Waals surface area contributed by atoms with Crippen LogP contribution in [0.5, 0.6) is 0 Å². The van der Waals surface area contributed by atoms with E-state index in [1.54, 1.807) is 28.9 Å². The Bertz CT molecular complexity index is 1260. The number of carbonyl (C=O) groups is 3. The Balaban J connectivity index is 1.58. The van der Waals surface area contributed by atoms with Gasteiger partial charge in [-0.25, -0.2) is 4.68 Å². The number of para-hydroxylation sites is 2. The maximum absolute atomic E-state index is 12.7. The maximum atomic E-state index is 12.7. The number of aryl methyl sites for hydroxylation is 2. The Hall–Kier alpha value is -4.34. The average Bonchev–Trinajstić information content (AvgIpc) is 3.19. The third kappa shape index (κ3) is 3.44. The minimum Gasteiger partial charge on any atom is -0.323 e. The van der Waals surface area contributed by atoms with E-state index in [1.165, 1.54) is 12.1 Å². The summed E-state index contributed by atoms with van der Waals surface area (Å²) in [6.45, 7) is 3.16. The summed E-state index contributed by atoms with van der Waals surface area (Å²) in [6.07, 6.45) is 0. The molecule has 1 N–H and O–H groups in total. The molecule has 10 nitrogen and oxygen atoms in total. The Morgan fingerprint density at radius 1 is 1.10 bits per heavy atom. The molecule has 0 saturated carbocycles. The van der Waals surface area contributed by atoms with Crippen molar-refractivity contribution in [1.82, 2.24) is 14.7 Å². The van der Waals surface area contributed by atoms with Crippen molar-refractivity contribution >= 4 is 29.1 Å². The lowest BCUT2D eigenvalue weighted by molar-refractivity contribution is -0.385. The first-order valence-electron chi connectivity index (χ1n) is 9.34. The van der Waals surface area contributed by atoms with Gasteiger partial charge in [0.15, 0.2) is 0 Å². The Labute approximate surface area is 176 Å². The van der Waals surface area contributed by atoms with Gasteiger partial charge in [0, 0.05) is 11.8 Å². The second kappa shape index (κ2) is 7.48. The zero-order valence-corrected chi connectivity index (χ0v) is 16.7. The summed E-state index contributed by atoms with van der Waals surface area (Å²) in [5.41, 5.74) is 1.90. The van der Waals surface area contributed by atoms with Crippen LogP contribution >= 0.6 is 0 Å². The van der Waals surface area contributed by atoms with E-state index >= 15 is 0 Å². The fourth-order valence-corrected chi connectivity index (χ4v) is 3.58. The SMILES string of the molecule is Cc1cc(C)n(-c2ccccc2NC(=O)CN2C(=O)c3cccc([N+](=O)[O-])c3C2=O)n1. The number of carbonyl (C=O) groups excluding carboxylic acids is 3. The van der Waals surface area contributed by atoms with Gasteiger partial charge in [-0.1, -0.05) is 18.2 Å². The highest BCUT2D eigenvalue weighted by Gasteiger charge is 2.41. The van der Waals surface area contributed by atoms with Crippen molar-refractivity contribution in [2.24, 2.45) is 0 Å². The second-order valence-corrected chi connectivity index (χ2v) is 7.06. The van der Waals surface area contributed by atoms with Crippen LogP contribution in [-0.4, -0.2) is 43.9 Å². The number of hydrogen-bond donors (Lipinski definition) is 1. The number of hydrogen-bond acceptors (Lipinski definition) is 6. The summed E-state index contributed by atoms with van der Waals surface area (Å²) in [5.74, 6) is -2.23. The predicted octanol–water partition coefficient (Wildman–Crippen LogP) is 2.63. The molecule has 3 amide bonds. The molecule has 0 spiro atoms. The molecular weight excluding hydrogens is 402 g/mol. The Kier molecular flexibility index (Phi) is 4.82. The molecule has 156 valence electrons. The summed E-state index contributed by atoms with van der Waals surface area (Å²) in [6, 6.07) is 12.7. The minimum atomic E-state index is -0.866. The summed E-state index contributed by atoms with van der Waals surface area (Å²) in [4.78, 5) is 49.1. The lowest BCUT2D eigenvalue weighted by Crippen LogP contribution is -2.37. The lowest BCUT2D eigenvalue weighted by atomic mass is 10.1. The zero-order chi connectivity index (χ0) is 22.3. The number of nitrogens with zero attached hydrogens (tertiary/aromatic N) is 4. The van der Waals surface area contributed by atoms with Gasteiger partial charge in [-0.15, -0.1) is 0 Å². The van der Waals surface area contributed by atoms with Crippen LogP contribution in [-0.2, 0) is 4.79 Å². The number of aromatic nitrogens is 2. The van der Waals surface area contributed by atoms with Gasteiger partial charge < -0.3 is 5.32 Å². The molecule has 1 aliphatic rings. The van der Waals surface area contributed by atoms with Gasteiger partial charge in [0.05, 0.1) is 27.6 Å². The molecule has 1 aliphatic heterocycles. The van der Waals surface area contributed by atoms with Crippen molar-refractivity contribution in [3.05, 3.63) is 81.2 Å². The molecule has 0 atom stereocenters. The first kappa shape index (κ1) is 20.0. The number of anilines is 1. The van der Waals surface area contributed by atoms with Crippen molar-refractivity contribution in [3.8, 4) is 5.69 Å². The van der Waals surface area contributed by atoms with E-state index in [-0.39, 0.29) is 11.1 Å². The normalized spacial score (nSPS) is 12.8. The Morgan fingerprint density at radius 2 is 1.84 bits per heavy atom. The van der Waals surface area contributed by atoms with Crippen LogP contribution in [0.1, 0.15) is 32.1 Å². The molecular formula is C21H17N5O5. The van der Waals surface area contributed by atoms with E-state index in [1.807, 2.05) is 19.9 Å². The summed E-state index contributed by atoms with van der Waals surface area (Å²) in [7, 11) is 0. The van der Waals surface area contributed by atoms with Gasteiger partial charge in [0.1, 0.15) is 12.1 Å². The van der Waals surface area contributed by atoms with Crippen molar-refractivity contribution < 1.29 is 19.3 Å². The molecule has 0 bridgehead atoms. The molecule has 0 fully saturated rings. The number of nitro benzene ring substituents is 1. The molecule has 2 heterocycles. The van der Waals surface area contributed by atoms with Crippen molar-refractivity contribution in [2.45, 2.75) is 13.8 Å². The highest BCUT2D eigenvalue weighted by atomic mass is 16.6. The number of amides is 3. The number of rotatable bonds is 5. The fourth-order valence-electron chi connectivity index (χ4n) is 3.58. The predicted molar refractivity (Wildman–Crippen MR) is 110 cm³/mol. The second-order valence-electron chi connectivity index (χ2n) is 7.06. The van der Waals surface area contributed by atoms with E-state index in [4.69, 9.17) is 0 Å². The first-order chi connectivity index (χ1) is 14.8. The van der Waals surface area contributed by atoms with Crippen LogP contribution in [0.4, 0.5) is 11.4 Å². The van der Waals surface area contributed by atoms with Gasteiger partial charge in [0.2, 0.25) is 5.91 Å². The zero-order valence-electron chi connectivity index (χ0n) is 16.7. The van der Waals surface area contributed by atoms with Gasteiger partial charge in [0.25, 0.3) is 17.5 Å². The third-order valence-corrected chi connectivity index (χ3v) is 4.89. The smallest absolute Gasteiger partial charge is 0.282 e. The van der Waals surface area contributed by atoms with Crippen LogP contribution < -0.4 is 5.32 Å². The van der Waals surface area contributed by atoms with E-state index in [0.717, 1.165) is 17.5 Å². The number of nitrogens with one attached hydrogen (secondary N) is 1. The molecule has 3 aromatic rings. The van der Waals surface area contributed by atoms with E-state index in [0.29, 0.717) is 16.3 Å². The standard InChI is InChI=1S/C21H17N5O5/c1-12-10-13(2)25(23-12)16-8-4-3-7-15(16)22-18(27)11-24-20(28)14-6-5-9-17(26(30)31)19(14)21(24)29/h3-10H,11H2,1-2H3,(H,22,27). The van der Waals surface area contributed by atoms with Gasteiger partial charge in [-0.2, -0.15) is 5.10 Å². The molecule has 0 aliphatic carbocycles. The number of nitro groups is 1. The van der Waals surface area contributed by atoms with Crippen molar-refractivity contribution in [3.63, 3.8) is 0 Å². The molecule has 2 aromatic carbocycles. The van der Waals surface area contributed by atoms with E-state index in [9.17, 15) is 24.5 Å². The number of imide groups is 1. The minimum absolute atomic E-state index is 0.0879. The average molecular weight is 419 g/mol. The molecule has 10 heteroatoms. The fraction of sp³-hybridized carbons (Fsp3) is 0.143. The van der Waals surface area contributed by atoms with Crippen molar-refractivity contribution in [1.29, 1.82) is 0 Å². The van der Waals surface area contributed by atoms with Crippen molar-refractivity contribution in [2.75, 3.05) is 11.9 Å². The molecule has 4 rings (SSSR count). The first-order valence-corrected chi connectivity index (χ1v) is 9.34. The third-order valence-electron chi connectivity index (χ3n) is 4.89. The van der Waals surface area contributed by atoms with Crippen LogP contribution in [0.15, 0.2) is 48.5 Å². The quantitative estimate of drug-likeness (QED) is 0.385. The summed E-state index contributed by atoms with van der Waals surface area (Å²) in [5, 5.41) is 18.3. The molecule has 0 saturated heterocycles. The molecule has 0 radical (unpaired) electrons.